The van der Waals surface area contributed by atoms with Crippen molar-refractivity contribution in [3.05, 3.63) is 58.2 Å². The lowest BCUT2D eigenvalue weighted by molar-refractivity contribution is -0.135. The number of fused-ring (bicyclic) bond motifs is 1. The number of nitrogens with zero attached hydrogens (tertiary/aromatic N) is 1. The number of phenolic OH excluding ortho intramolecular Hbond substituents is 1. The highest BCUT2D eigenvalue weighted by molar-refractivity contribution is 9.10. The Hall–Kier alpha value is -2.60. The average Bonchev–Trinajstić information content (AvgIpc) is 2.93. The topological polar surface area (TPSA) is 68.5 Å². The summed E-state index contributed by atoms with van der Waals surface area (Å²) in [5.41, 5.74) is 1.61. The molecule has 0 amide bonds. The van der Waals surface area contributed by atoms with Crippen molar-refractivity contribution in [2.45, 2.75) is 33.6 Å². The molecule has 146 valence electrons. The fourth-order valence-electron chi connectivity index (χ4n) is 3.07. The van der Waals surface area contributed by atoms with E-state index in [0.29, 0.717) is 34.3 Å². The molecule has 1 N–H and O–H groups in total. The minimum absolute atomic E-state index is 0.0416. The van der Waals surface area contributed by atoms with E-state index in [1.165, 1.54) is 16.7 Å². The SMILES string of the molecule is CCC(C)CC(=O)Oc1c(C)n(C(=O)c2ccc(Br)cc2)c2ccc(O)cc12. The predicted molar refractivity (Wildman–Crippen MR) is 112 cm³/mol. The Bertz CT molecular complexity index is 1040. The van der Waals surface area contributed by atoms with Gasteiger partial charge in [-0.25, -0.2) is 0 Å². The number of hydrogen-bond donors (Lipinski definition) is 1. The molecule has 0 saturated carbocycles. The normalized spacial score (nSPS) is 12.1. The van der Waals surface area contributed by atoms with Crippen molar-refractivity contribution in [2.75, 3.05) is 0 Å². The van der Waals surface area contributed by atoms with Crippen LogP contribution in [0.4, 0.5) is 0 Å². The van der Waals surface area contributed by atoms with Crippen LogP contribution in [-0.4, -0.2) is 21.6 Å². The number of carbonyl (C=O) groups is 2. The van der Waals surface area contributed by atoms with Gasteiger partial charge in [-0.15, -0.1) is 0 Å². The summed E-state index contributed by atoms with van der Waals surface area (Å²) in [5, 5.41) is 10.4. The number of phenols is 1. The van der Waals surface area contributed by atoms with Gasteiger partial charge in [-0.3, -0.25) is 14.2 Å². The third-order valence-corrected chi connectivity index (χ3v) is 5.38. The molecule has 0 fully saturated rings. The summed E-state index contributed by atoms with van der Waals surface area (Å²) < 4.78 is 8.04. The zero-order valence-electron chi connectivity index (χ0n) is 16.0. The van der Waals surface area contributed by atoms with E-state index in [-0.39, 0.29) is 23.5 Å². The number of carbonyl (C=O) groups excluding carboxylic acids is 2. The molecule has 0 saturated heterocycles. The second-order valence-corrected chi connectivity index (χ2v) is 7.87. The van der Waals surface area contributed by atoms with E-state index in [1.54, 1.807) is 37.3 Å². The molecule has 1 heterocycles. The van der Waals surface area contributed by atoms with Gasteiger partial charge < -0.3 is 9.84 Å². The van der Waals surface area contributed by atoms with E-state index < -0.39 is 0 Å². The van der Waals surface area contributed by atoms with Crippen LogP contribution in [0.1, 0.15) is 42.7 Å². The highest BCUT2D eigenvalue weighted by Gasteiger charge is 2.23. The van der Waals surface area contributed by atoms with Crippen molar-refractivity contribution in [3.8, 4) is 11.5 Å². The number of esters is 1. The minimum atomic E-state index is -0.351. The zero-order chi connectivity index (χ0) is 20.4. The van der Waals surface area contributed by atoms with Crippen LogP contribution in [-0.2, 0) is 4.79 Å². The molecule has 1 aromatic heterocycles. The molecule has 28 heavy (non-hydrogen) atoms. The highest BCUT2D eigenvalue weighted by Crippen LogP contribution is 2.36. The van der Waals surface area contributed by atoms with Crippen molar-refractivity contribution >= 4 is 38.7 Å². The number of hydrogen-bond acceptors (Lipinski definition) is 4. The fraction of sp³-hybridized carbons (Fsp3) is 0.273. The minimum Gasteiger partial charge on any atom is -0.508 e. The van der Waals surface area contributed by atoms with Crippen molar-refractivity contribution in [2.24, 2.45) is 5.92 Å². The summed E-state index contributed by atoms with van der Waals surface area (Å²) in [4.78, 5) is 25.5. The summed E-state index contributed by atoms with van der Waals surface area (Å²) in [6.45, 7) is 5.74. The molecule has 0 aliphatic rings. The number of rotatable bonds is 5. The third kappa shape index (κ3) is 3.97. The van der Waals surface area contributed by atoms with Crippen LogP contribution in [0.3, 0.4) is 0 Å². The molecule has 0 aliphatic heterocycles. The molecule has 5 nitrogen and oxygen atoms in total. The smallest absolute Gasteiger partial charge is 0.311 e. The number of benzene rings is 2. The lowest BCUT2D eigenvalue weighted by atomic mass is 10.1. The van der Waals surface area contributed by atoms with Crippen molar-refractivity contribution < 1.29 is 19.4 Å². The van der Waals surface area contributed by atoms with Gasteiger partial charge in [0.25, 0.3) is 5.91 Å². The van der Waals surface area contributed by atoms with E-state index in [2.05, 4.69) is 15.9 Å². The van der Waals surface area contributed by atoms with Gasteiger partial charge in [0.2, 0.25) is 0 Å². The lowest BCUT2D eigenvalue weighted by Crippen LogP contribution is -2.15. The van der Waals surface area contributed by atoms with Gasteiger partial charge in [0.05, 0.1) is 11.2 Å². The number of ether oxygens (including phenoxy) is 1. The van der Waals surface area contributed by atoms with Crippen LogP contribution < -0.4 is 4.74 Å². The first-order valence-electron chi connectivity index (χ1n) is 9.16. The largest absolute Gasteiger partial charge is 0.508 e. The maximum Gasteiger partial charge on any atom is 0.311 e. The number of aromatic hydroxyl groups is 1. The molecule has 0 spiro atoms. The van der Waals surface area contributed by atoms with Gasteiger partial charge in [-0.2, -0.15) is 0 Å². The highest BCUT2D eigenvalue weighted by atomic mass is 79.9. The molecule has 0 radical (unpaired) electrons. The molecule has 0 bridgehead atoms. The third-order valence-electron chi connectivity index (χ3n) is 4.85. The molecule has 0 aliphatic carbocycles. The Labute approximate surface area is 172 Å². The molecular formula is C22H22BrNO4. The Morgan fingerprint density at radius 2 is 1.86 bits per heavy atom. The van der Waals surface area contributed by atoms with Crippen LogP contribution in [0.15, 0.2) is 46.9 Å². The maximum absolute atomic E-state index is 13.1. The zero-order valence-corrected chi connectivity index (χ0v) is 17.6. The molecule has 3 aromatic rings. The molecule has 1 unspecified atom stereocenters. The van der Waals surface area contributed by atoms with Crippen LogP contribution in [0.2, 0.25) is 0 Å². The summed E-state index contributed by atoms with van der Waals surface area (Å²) in [6, 6.07) is 11.7. The second kappa shape index (κ2) is 8.19. The Kier molecular flexibility index (Phi) is 5.89. The van der Waals surface area contributed by atoms with Crippen molar-refractivity contribution in [1.82, 2.24) is 4.57 Å². The summed E-state index contributed by atoms with van der Waals surface area (Å²) in [5.74, 6) is -0.0237. The summed E-state index contributed by atoms with van der Waals surface area (Å²) in [6.07, 6.45) is 1.17. The molecule has 1 atom stereocenters. The Balaban J connectivity index is 2.08. The number of halogens is 1. The predicted octanol–water partition coefficient (Wildman–Crippen LogP) is 5.45. The van der Waals surface area contributed by atoms with Gasteiger partial charge in [0.1, 0.15) is 5.75 Å². The Morgan fingerprint density at radius 3 is 2.50 bits per heavy atom. The molecule has 6 heteroatoms. The van der Waals surface area contributed by atoms with Gasteiger partial charge in [-0.1, -0.05) is 36.2 Å². The standard InChI is InChI=1S/C22H22BrNO4/c1-4-13(2)11-20(26)28-21-14(3)24(19-10-9-17(25)12-18(19)21)22(27)15-5-7-16(23)8-6-15/h5-10,12-13,25H,4,11H2,1-3H3. The summed E-state index contributed by atoms with van der Waals surface area (Å²) in [7, 11) is 0. The van der Waals surface area contributed by atoms with Gasteiger partial charge in [0.15, 0.2) is 5.75 Å². The first kappa shape index (κ1) is 20.1. The van der Waals surface area contributed by atoms with E-state index >= 15 is 0 Å². The number of aromatic nitrogens is 1. The Morgan fingerprint density at radius 1 is 1.18 bits per heavy atom. The van der Waals surface area contributed by atoms with Crippen molar-refractivity contribution in [3.63, 3.8) is 0 Å². The van der Waals surface area contributed by atoms with Gasteiger partial charge >= 0.3 is 5.97 Å². The van der Waals surface area contributed by atoms with Gasteiger partial charge in [0, 0.05) is 21.8 Å². The first-order valence-corrected chi connectivity index (χ1v) is 9.96. The van der Waals surface area contributed by atoms with Crippen LogP contribution in [0.25, 0.3) is 10.9 Å². The second-order valence-electron chi connectivity index (χ2n) is 6.96. The monoisotopic (exact) mass is 443 g/mol. The van der Waals surface area contributed by atoms with Crippen molar-refractivity contribution in [1.29, 1.82) is 0 Å². The van der Waals surface area contributed by atoms with E-state index in [9.17, 15) is 14.7 Å². The lowest BCUT2D eigenvalue weighted by Gasteiger charge is -2.09. The van der Waals surface area contributed by atoms with Crippen LogP contribution in [0.5, 0.6) is 11.5 Å². The van der Waals surface area contributed by atoms with E-state index in [1.807, 2.05) is 13.8 Å². The summed E-state index contributed by atoms with van der Waals surface area (Å²) >= 11 is 3.37. The van der Waals surface area contributed by atoms with Gasteiger partial charge in [-0.05, 0) is 55.3 Å². The van der Waals surface area contributed by atoms with Crippen LogP contribution >= 0.6 is 15.9 Å². The fourth-order valence-corrected chi connectivity index (χ4v) is 3.34. The van der Waals surface area contributed by atoms with Crippen LogP contribution in [0, 0.1) is 12.8 Å². The molecular weight excluding hydrogens is 422 g/mol. The molecule has 3 rings (SSSR count). The maximum atomic E-state index is 13.1. The first-order chi connectivity index (χ1) is 13.3. The molecule has 2 aromatic carbocycles. The average molecular weight is 444 g/mol. The quantitative estimate of drug-likeness (QED) is 0.532. The van der Waals surface area contributed by atoms with E-state index in [0.717, 1.165) is 10.9 Å². The van der Waals surface area contributed by atoms with E-state index in [4.69, 9.17) is 4.74 Å².